The molecular formula is C8H13N3. The maximum absolute atomic E-state index is 4.09. The van der Waals surface area contributed by atoms with Gasteiger partial charge in [0.1, 0.15) is 0 Å². The van der Waals surface area contributed by atoms with Crippen molar-refractivity contribution in [3.8, 4) is 0 Å². The van der Waals surface area contributed by atoms with Crippen LogP contribution in [-0.2, 0) is 0 Å². The van der Waals surface area contributed by atoms with Gasteiger partial charge in [-0.15, -0.1) is 0 Å². The van der Waals surface area contributed by atoms with Crippen molar-refractivity contribution >= 4 is 0 Å². The van der Waals surface area contributed by atoms with Crippen LogP contribution in [0.15, 0.2) is 12.5 Å². The summed E-state index contributed by atoms with van der Waals surface area (Å²) in [7, 11) is 2.14. The number of hydrogen-bond acceptors (Lipinski definition) is 2. The van der Waals surface area contributed by atoms with Crippen LogP contribution in [0, 0.1) is 6.92 Å². The summed E-state index contributed by atoms with van der Waals surface area (Å²) < 4.78 is 2.25. The standard InChI is InChI=1S/C8H13N3/c1-7-3-9-6-11(7)8-4-10(2)5-8/h3,6,8H,4-5H2,1-2H3. The number of aromatic nitrogens is 2. The zero-order valence-electron chi connectivity index (χ0n) is 6.99. The van der Waals surface area contributed by atoms with E-state index in [4.69, 9.17) is 0 Å². The van der Waals surface area contributed by atoms with Crippen LogP contribution in [0.2, 0.25) is 0 Å². The monoisotopic (exact) mass is 151 g/mol. The molecule has 0 N–H and O–H groups in total. The van der Waals surface area contributed by atoms with Crippen molar-refractivity contribution in [2.24, 2.45) is 0 Å². The molecule has 2 rings (SSSR count). The van der Waals surface area contributed by atoms with Crippen molar-refractivity contribution in [1.82, 2.24) is 14.5 Å². The van der Waals surface area contributed by atoms with E-state index in [2.05, 4.69) is 28.4 Å². The maximum Gasteiger partial charge on any atom is 0.0951 e. The Balaban J connectivity index is 2.12. The van der Waals surface area contributed by atoms with Crippen molar-refractivity contribution in [2.45, 2.75) is 13.0 Å². The van der Waals surface area contributed by atoms with Crippen molar-refractivity contribution in [2.75, 3.05) is 20.1 Å². The van der Waals surface area contributed by atoms with Gasteiger partial charge in [-0.2, -0.15) is 0 Å². The Labute approximate surface area is 66.6 Å². The van der Waals surface area contributed by atoms with Gasteiger partial charge in [0.15, 0.2) is 0 Å². The first kappa shape index (κ1) is 6.85. The van der Waals surface area contributed by atoms with Gasteiger partial charge in [-0.3, -0.25) is 0 Å². The summed E-state index contributed by atoms with van der Waals surface area (Å²) in [5.41, 5.74) is 1.27. The second-order valence-electron chi connectivity index (χ2n) is 3.32. The van der Waals surface area contributed by atoms with Crippen molar-refractivity contribution < 1.29 is 0 Å². The van der Waals surface area contributed by atoms with Crippen LogP contribution in [0.1, 0.15) is 11.7 Å². The third kappa shape index (κ3) is 1.05. The molecule has 0 spiro atoms. The fourth-order valence-electron chi connectivity index (χ4n) is 1.60. The highest BCUT2D eigenvalue weighted by Gasteiger charge is 2.24. The van der Waals surface area contributed by atoms with Gasteiger partial charge in [0.05, 0.1) is 12.4 Å². The number of imidazole rings is 1. The number of nitrogens with zero attached hydrogens (tertiary/aromatic N) is 3. The van der Waals surface area contributed by atoms with E-state index in [1.165, 1.54) is 5.69 Å². The van der Waals surface area contributed by atoms with Crippen molar-refractivity contribution in [3.63, 3.8) is 0 Å². The molecule has 0 aliphatic carbocycles. The van der Waals surface area contributed by atoms with Crippen molar-refractivity contribution in [1.29, 1.82) is 0 Å². The predicted molar refractivity (Wildman–Crippen MR) is 43.5 cm³/mol. The van der Waals surface area contributed by atoms with Crippen LogP contribution in [0.25, 0.3) is 0 Å². The van der Waals surface area contributed by atoms with Crippen LogP contribution in [0.4, 0.5) is 0 Å². The molecule has 1 aliphatic rings. The predicted octanol–water partition coefficient (Wildman–Crippen LogP) is 0.678. The third-order valence-corrected chi connectivity index (χ3v) is 2.30. The molecule has 1 aromatic rings. The van der Waals surface area contributed by atoms with Crippen LogP contribution in [0.5, 0.6) is 0 Å². The van der Waals surface area contributed by atoms with Gasteiger partial charge in [-0.25, -0.2) is 4.98 Å². The average molecular weight is 151 g/mol. The Morgan fingerprint density at radius 1 is 1.55 bits per heavy atom. The molecule has 0 unspecified atom stereocenters. The summed E-state index contributed by atoms with van der Waals surface area (Å²) in [6.45, 7) is 4.43. The first-order chi connectivity index (χ1) is 5.27. The number of hydrogen-bond donors (Lipinski definition) is 0. The molecule has 2 heterocycles. The van der Waals surface area contributed by atoms with Gasteiger partial charge in [-0.05, 0) is 14.0 Å². The molecule has 1 saturated heterocycles. The molecule has 60 valence electrons. The second kappa shape index (κ2) is 2.34. The maximum atomic E-state index is 4.09. The minimum atomic E-state index is 0.669. The molecule has 1 fully saturated rings. The van der Waals surface area contributed by atoms with E-state index in [0.717, 1.165) is 13.1 Å². The van der Waals surface area contributed by atoms with E-state index in [1.54, 1.807) is 0 Å². The topological polar surface area (TPSA) is 21.1 Å². The lowest BCUT2D eigenvalue weighted by Crippen LogP contribution is -2.44. The summed E-state index contributed by atoms with van der Waals surface area (Å²) >= 11 is 0. The normalized spacial score (nSPS) is 20.2. The first-order valence-corrected chi connectivity index (χ1v) is 3.94. The van der Waals surface area contributed by atoms with Crippen LogP contribution >= 0.6 is 0 Å². The van der Waals surface area contributed by atoms with Crippen LogP contribution < -0.4 is 0 Å². The number of likely N-dealkylation sites (N-methyl/N-ethyl adjacent to an activating group) is 1. The highest BCUT2D eigenvalue weighted by molar-refractivity contribution is 5.00. The molecule has 11 heavy (non-hydrogen) atoms. The average Bonchev–Trinajstić information content (AvgIpc) is 2.29. The van der Waals surface area contributed by atoms with Crippen LogP contribution in [-0.4, -0.2) is 34.6 Å². The minimum Gasteiger partial charge on any atom is -0.329 e. The van der Waals surface area contributed by atoms with Gasteiger partial charge in [0, 0.05) is 25.0 Å². The molecular weight excluding hydrogens is 138 g/mol. The minimum absolute atomic E-state index is 0.669. The second-order valence-corrected chi connectivity index (χ2v) is 3.32. The van der Waals surface area contributed by atoms with E-state index >= 15 is 0 Å². The Hall–Kier alpha value is -0.830. The van der Waals surface area contributed by atoms with Gasteiger partial charge < -0.3 is 9.47 Å². The van der Waals surface area contributed by atoms with Gasteiger partial charge >= 0.3 is 0 Å². The van der Waals surface area contributed by atoms with E-state index in [-0.39, 0.29) is 0 Å². The van der Waals surface area contributed by atoms with E-state index in [0.29, 0.717) is 6.04 Å². The van der Waals surface area contributed by atoms with E-state index in [9.17, 15) is 0 Å². The first-order valence-electron chi connectivity index (χ1n) is 3.94. The highest BCUT2D eigenvalue weighted by atomic mass is 15.3. The number of aryl methyl sites for hydroxylation is 1. The molecule has 0 radical (unpaired) electrons. The van der Waals surface area contributed by atoms with E-state index in [1.807, 2.05) is 12.5 Å². The molecule has 0 saturated carbocycles. The molecule has 0 aromatic carbocycles. The molecule has 0 atom stereocenters. The van der Waals surface area contributed by atoms with Gasteiger partial charge in [-0.1, -0.05) is 0 Å². The fourth-order valence-corrected chi connectivity index (χ4v) is 1.60. The lowest BCUT2D eigenvalue weighted by Gasteiger charge is -2.37. The molecule has 3 heteroatoms. The summed E-state index contributed by atoms with van der Waals surface area (Å²) in [6, 6.07) is 0.669. The number of rotatable bonds is 1. The lowest BCUT2D eigenvalue weighted by molar-refractivity contribution is 0.139. The summed E-state index contributed by atoms with van der Waals surface area (Å²) in [5.74, 6) is 0. The zero-order chi connectivity index (χ0) is 7.84. The van der Waals surface area contributed by atoms with E-state index < -0.39 is 0 Å². The Morgan fingerprint density at radius 2 is 2.27 bits per heavy atom. The summed E-state index contributed by atoms with van der Waals surface area (Å²) in [6.07, 6.45) is 3.84. The number of likely N-dealkylation sites (tertiary alicyclic amines) is 1. The Bertz CT molecular complexity index is 248. The molecule has 1 aromatic heterocycles. The quantitative estimate of drug-likeness (QED) is 0.588. The Kier molecular flexibility index (Phi) is 1.46. The van der Waals surface area contributed by atoms with Gasteiger partial charge in [0.2, 0.25) is 0 Å². The van der Waals surface area contributed by atoms with Crippen LogP contribution in [0.3, 0.4) is 0 Å². The zero-order valence-corrected chi connectivity index (χ0v) is 6.99. The lowest BCUT2D eigenvalue weighted by atomic mass is 10.1. The molecule has 0 amide bonds. The summed E-state index contributed by atoms with van der Waals surface area (Å²) in [5, 5.41) is 0. The molecule has 3 nitrogen and oxygen atoms in total. The van der Waals surface area contributed by atoms with Gasteiger partial charge in [0.25, 0.3) is 0 Å². The highest BCUT2D eigenvalue weighted by Crippen LogP contribution is 2.19. The summed E-state index contributed by atoms with van der Waals surface area (Å²) in [4.78, 5) is 6.40. The Morgan fingerprint density at radius 3 is 2.73 bits per heavy atom. The molecule has 1 aliphatic heterocycles. The SMILES string of the molecule is Cc1cncn1C1CN(C)C1. The third-order valence-electron chi connectivity index (χ3n) is 2.30. The largest absolute Gasteiger partial charge is 0.329 e. The fraction of sp³-hybridized carbons (Fsp3) is 0.625. The smallest absolute Gasteiger partial charge is 0.0951 e. The van der Waals surface area contributed by atoms with Crippen molar-refractivity contribution in [3.05, 3.63) is 18.2 Å². The molecule has 0 bridgehead atoms.